The van der Waals surface area contributed by atoms with Gasteiger partial charge in [-0.1, -0.05) is 17.7 Å². The zero-order chi connectivity index (χ0) is 17.6. The Kier molecular flexibility index (Phi) is 3.94. The highest BCUT2D eigenvalue weighted by molar-refractivity contribution is 6.32. The van der Waals surface area contributed by atoms with Crippen molar-refractivity contribution in [3.63, 3.8) is 0 Å². The van der Waals surface area contributed by atoms with Gasteiger partial charge in [-0.2, -0.15) is 0 Å². The number of aliphatic hydroxyl groups is 1. The number of nitrogens with zero attached hydrogens (tertiary/aromatic N) is 3. The third kappa shape index (κ3) is 2.77. The summed E-state index contributed by atoms with van der Waals surface area (Å²) < 4.78 is 5.36. The molecule has 1 amide bonds. The topological polar surface area (TPSA) is 79.5 Å². The van der Waals surface area contributed by atoms with Gasteiger partial charge in [0.15, 0.2) is 6.39 Å². The van der Waals surface area contributed by atoms with Gasteiger partial charge in [-0.05, 0) is 25.1 Å². The maximum absolute atomic E-state index is 12.9. The first-order chi connectivity index (χ1) is 12.1. The fraction of sp³-hybridized carbons (Fsp3) is 0.278. The Labute approximate surface area is 149 Å². The summed E-state index contributed by atoms with van der Waals surface area (Å²) in [4.78, 5) is 23.1. The summed E-state index contributed by atoms with van der Waals surface area (Å²) in [5.41, 5.74) is 2.54. The van der Waals surface area contributed by atoms with Crippen molar-refractivity contribution in [1.82, 2.24) is 14.9 Å². The number of pyridine rings is 1. The maximum atomic E-state index is 12.9. The summed E-state index contributed by atoms with van der Waals surface area (Å²) in [6.07, 6.45) is 1.32. The van der Waals surface area contributed by atoms with Gasteiger partial charge in [-0.3, -0.25) is 9.78 Å². The highest BCUT2D eigenvalue weighted by Crippen LogP contribution is 2.32. The van der Waals surface area contributed by atoms with Crippen LogP contribution in [-0.2, 0) is 6.61 Å². The van der Waals surface area contributed by atoms with Crippen molar-refractivity contribution in [2.75, 3.05) is 13.1 Å². The third-order valence-electron chi connectivity index (χ3n) is 4.49. The van der Waals surface area contributed by atoms with E-state index >= 15 is 0 Å². The third-order valence-corrected chi connectivity index (χ3v) is 4.71. The summed E-state index contributed by atoms with van der Waals surface area (Å²) in [5.74, 6) is 0.595. The van der Waals surface area contributed by atoms with Gasteiger partial charge < -0.3 is 14.4 Å². The minimum atomic E-state index is -0.168. The minimum absolute atomic E-state index is 0.0498. The maximum Gasteiger partial charge on any atom is 0.256 e. The molecule has 1 saturated heterocycles. The van der Waals surface area contributed by atoms with Crippen molar-refractivity contribution in [3.05, 3.63) is 58.4 Å². The largest absolute Gasteiger partial charge is 0.448 e. The van der Waals surface area contributed by atoms with E-state index < -0.39 is 0 Å². The molecule has 4 rings (SSSR count). The van der Waals surface area contributed by atoms with Crippen LogP contribution in [0.1, 0.15) is 33.4 Å². The summed E-state index contributed by atoms with van der Waals surface area (Å²) in [6, 6.07) is 7.29. The predicted molar refractivity (Wildman–Crippen MR) is 92.6 cm³/mol. The molecule has 0 radical (unpaired) electrons. The first-order valence-corrected chi connectivity index (χ1v) is 8.34. The van der Waals surface area contributed by atoms with E-state index in [2.05, 4.69) is 9.97 Å². The minimum Gasteiger partial charge on any atom is -0.448 e. The van der Waals surface area contributed by atoms with E-state index in [0.29, 0.717) is 40.6 Å². The molecule has 0 bridgehead atoms. The van der Waals surface area contributed by atoms with Crippen LogP contribution in [0.15, 0.2) is 35.1 Å². The number of benzene rings is 1. The molecule has 0 aliphatic carbocycles. The molecule has 25 heavy (non-hydrogen) atoms. The number of carbonyl (C=O) groups is 1. The smallest absolute Gasteiger partial charge is 0.256 e. The Bertz CT molecular complexity index is 963. The van der Waals surface area contributed by atoms with Crippen molar-refractivity contribution >= 4 is 28.4 Å². The van der Waals surface area contributed by atoms with Gasteiger partial charge in [0.05, 0.1) is 23.6 Å². The van der Waals surface area contributed by atoms with E-state index in [4.69, 9.17) is 16.0 Å². The number of likely N-dealkylation sites (tertiary alicyclic amines) is 1. The van der Waals surface area contributed by atoms with Crippen molar-refractivity contribution in [2.45, 2.75) is 19.4 Å². The average molecular weight is 358 g/mol. The first-order valence-electron chi connectivity index (χ1n) is 7.96. The number of aliphatic hydroxyl groups excluding tert-OH is 1. The Morgan fingerprint density at radius 2 is 2.20 bits per heavy atom. The molecule has 1 aliphatic rings. The number of halogens is 1. The van der Waals surface area contributed by atoms with Gasteiger partial charge in [0, 0.05) is 29.2 Å². The van der Waals surface area contributed by atoms with Crippen LogP contribution in [0, 0.1) is 6.92 Å². The molecule has 3 heterocycles. The number of oxazole rings is 1. The van der Waals surface area contributed by atoms with Gasteiger partial charge in [0.25, 0.3) is 5.91 Å². The molecule has 2 aromatic heterocycles. The van der Waals surface area contributed by atoms with E-state index in [1.54, 1.807) is 17.0 Å². The monoisotopic (exact) mass is 357 g/mol. The van der Waals surface area contributed by atoms with Gasteiger partial charge >= 0.3 is 0 Å². The van der Waals surface area contributed by atoms with Crippen molar-refractivity contribution < 1.29 is 14.3 Å². The standard InChI is InChI=1S/C18H16ClN3O3/c1-10-2-3-11-4-13(19)5-14(16(11)21-10)18(24)22-6-12(7-22)17-15(8-23)20-9-25-17/h2-5,9,12,23H,6-8H2,1H3. The number of carbonyl (C=O) groups excluding carboxylic acids is 1. The van der Waals surface area contributed by atoms with Crippen LogP contribution in [0.3, 0.4) is 0 Å². The lowest BCUT2D eigenvalue weighted by Crippen LogP contribution is -2.48. The van der Waals surface area contributed by atoms with Crippen molar-refractivity contribution in [1.29, 1.82) is 0 Å². The molecule has 1 aromatic carbocycles. The molecular formula is C18H16ClN3O3. The van der Waals surface area contributed by atoms with Gasteiger partial charge in [-0.15, -0.1) is 0 Å². The predicted octanol–water partition coefficient (Wildman–Crippen LogP) is 2.92. The number of rotatable bonds is 3. The first kappa shape index (κ1) is 16.1. The van der Waals surface area contributed by atoms with E-state index in [1.807, 2.05) is 19.1 Å². The molecule has 6 nitrogen and oxygen atoms in total. The van der Waals surface area contributed by atoms with Crippen LogP contribution in [0.2, 0.25) is 5.02 Å². The number of fused-ring (bicyclic) bond motifs is 1. The molecular weight excluding hydrogens is 342 g/mol. The second kappa shape index (κ2) is 6.13. The number of amides is 1. The molecule has 0 saturated carbocycles. The van der Waals surface area contributed by atoms with E-state index in [9.17, 15) is 9.90 Å². The van der Waals surface area contributed by atoms with Gasteiger partial charge in [-0.25, -0.2) is 4.98 Å². The Balaban J connectivity index is 1.61. The van der Waals surface area contributed by atoms with Gasteiger partial charge in [0.1, 0.15) is 11.5 Å². The molecule has 0 atom stereocenters. The lowest BCUT2D eigenvalue weighted by atomic mass is 9.94. The average Bonchev–Trinajstić information content (AvgIpc) is 3.01. The van der Waals surface area contributed by atoms with Crippen LogP contribution in [0.25, 0.3) is 10.9 Å². The number of aromatic nitrogens is 2. The summed E-state index contributed by atoms with van der Waals surface area (Å²) >= 11 is 6.17. The van der Waals surface area contributed by atoms with E-state index in [0.717, 1.165) is 11.1 Å². The fourth-order valence-electron chi connectivity index (χ4n) is 3.17. The summed E-state index contributed by atoms with van der Waals surface area (Å²) in [6.45, 7) is 2.75. The van der Waals surface area contributed by atoms with Crippen LogP contribution in [-0.4, -0.2) is 39.0 Å². The van der Waals surface area contributed by atoms with Crippen LogP contribution >= 0.6 is 11.6 Å². The second-order valence-electron chi connectivity index (χ2n) is 6.21. The zero-order valence-electron chi connectivity index (χ0n) is 13.6. The molecule has 1 fully saturated rings. The molecule has 0 spiro atoms. The van der Waals surface area contributed by atoms with E-state index in [1.165, 1.54) is 6.39 Å². The second-order valence-corrected chi connectivity index (χ2v) is 6.64. The van der Waals surface area contributed by atoms with Crippen molar-refractivity contribution in [2.24, 2.45) is 0 Å². The number of hydrogen-bond donors (Lipinski definition) is 1. The van der Waals surface area contributed by atoms with Crippen molar-refractivity contribution in [3.8, 4) is 0 Å². The zero-order valence-corrected chi connectivity index (χ0v) is 14.3. The molecule has 7 heteroatoms. The normalized spacial score (nSPS) is 14.8. The highest BCUT2D eigenvalue weighted by atomic mass is 35.5. The SMILES string of the molecule is Cc1ccc2cc(Cl)cc(C(=O)N3CC(c4ocnc4CO)C3)c2n1. The van der Waals surface area contributed by atoms with Gasteiger partial charge in [0.2, 0.25) is 0 Å². The number of hydrogen-bond acceptors (Lipinski definition) is 5. The summed E-state index contributed by atoms with van der Waals surface area (Å²) in [7, 11) is 0. The lowest BCUT2D eigenvalue weighted by molar-refractivity contribution is 0.0581. The number of aryl methyl sites for hydroxylation is 1. The summed E-state index contributed by atoms with van der Waals surface area (Å²) in [5, 5.41) is 10.6. The van der Waals surface area contributed by atoms with Crippen LogP contribution < -0.4 is 0 Å². The molecule has 128 valence electrons. The molecule has 0 unspecified atom stereocenters. The Hall–Kier alpha value is -2.44. The van der Waals surface area contributed by atoms with Crippen LogP contribution in [0.5, 0.6) is 0 Å². The Morgan fingerprint density at radius 1 is 1.40 bits per heavy atom. The fourth-order valence-corrected chi connectivity index (χ4v) is 3.40. The van der Waals surface area contributed by atoms with E-state index in [-0.39, 0.29) is 18.4 Å². The molecule has 1 N–H and O–H groups in total. The Morgan fingerprint density at radius 3 is 2.96 bits per heavy atom. The quantitative estimate of drug-likeness (QED) is 0.779. The molecule has 1 aliphatic heterocycles. The van der Waals surface area contributed by atoms with Crippen LogP contribution in [0.4, 0.5) is 0 Å². The molecule has 3 aromatic rings. The highest BCUT2D eigenvalue weighted by Gasteiger charge is 2.36. The lowest BCUT2D eigenvalue weighted by Gasteiger charge is -2.38.